The number of hydrogen-bond acceptors (Lipinski definition) is 6. The fraction of sp³-hybridized carbons (Fsp3) is 0.318. The highest BCUT2D eigenvalue weighted by Crippen LogP contribution is 2.16. The van der Waals surface area contributed by atoms with Gasteiger partial charge >= 0.3 is 0 Å². The number of nitro groups is 1. The number of anilines is 1. The Morgan fingerprint density at radius 2 is 1.90 bits per heavy atom. The molecule has 0 aliphatic rings. The zero-order valence-corrected chi connectivity index (χ0v) is 17.5. The summed E-state index contributed by atoms with van der Waals surface area (Å²) >= 11 is 0. The number of nitrogens with one attached hydrogen (secondary N) is 2. The molecule has 0 saturated heterocycles. The Labute approximate surface area is 179 Å². The molecule has 2 aromatic carbocycles. The molecule has 162 valence electrons. The lowest BCUT2D eigenvalue weighted by Gasteiger charge is -2.26. The third-order valence-corrected chi connectivity index (χ3v) is 4.90. The quantitative estimate of drug-likeness (QED) is 0.309. The van der Waals surface area contributed by atoms with Gasteiger partial charge in [0, 0.05) is 36.8 Å². The predicted octanol–water partition coefficient (Wildman–Crippen LogP) is 3.46. The zero-order chi connectivity index (χ0) is 22.4. The molecule has 3 rings (SSSR count). The van der Waals surface area contributed by atoms with Gasteiger partial charge in [0.25, 0.3) is 11.2 Å². The van der Waals surface area contributed by atoms with Gasteiger partial charge in [0.05, 0.1) is 22.4 Å². The molecule has 0 saturated carbocycles. The number of non-ortho nitro benzene ring substituents is 1. The molecule has 0 atom stereocenters. The van der Waals surface area contributed by atoms with Gasteiger partial charge in [-0.3, -0.25) is 19.7 Å². The van der Waals surface area contributed by atoms with Crippen molar-refractivity contribution in [1.29, 1.82) is 0 Å². The van der Waals surface area contributed by atoms with Gasteiger partial charge < -0.3 is 15.2 Å². The van der Waals surface area contributed by atoms with Gasteiger partial charge in [0.2, 0.25) is 5.91 Å². The summed E-state index contributed by atoms with van der Waals surface area (Å²) in [6.45, 7) is 4.63. The fourth-order valence-corrected chi connectivity index (χ4v) is 3.25. The number of H-pyrrole nitrogens is 1. The molecule has 0 bridgehead atoms. The molecular formula is C22H25N5O4. The first-order chi connectivity index (χ1) is 14.8. The molecular weight excluding hydrogens is 398 g/mol. The van der Waals surface area contributed by atoms with Crippen LogP contribution in [0.2, 0.25) is 0 Å². The first kappa shape index (κ1) is 21.9. The Balaban J connectivity index is 1.57. The number of nitro benzene ring substituents is 1. The lowest BCUT2D eigenvalue weighted by atomic mass is 10.2. The number of benzene rings is 2. The minimum atomic E-state index is -0.444. The number of nitrogens with zero attached hydrogens (tertiary/aromatic N) is 3. The van der Waals surface area contributed by atoms with Crippen molar-refractivity contribution in [3.8, 4) is 0 Å². The molecule has 1 aromatic heterocycles. The van der Waals surface area contributed by atoms with Crippen LogP contribution in [0.15, 0.2) is 53.3 Å². The summed E-state index contributed by atoms with van der Waals surface area (Å²) < 4.78 is 0. The number of aromatic nitrogens is 2. The number of hydrogen-bond donors (Lipinski definition) is 2. The highest BCUT2D eigenvalue weighted by atomic mass is 16.6. The maximum absolute atomic E-state index is 12.8. The van der Waals surface area contributed by atoms with E-state index in [0.29, 0.717) is 36.1 Å². The van der Waals surface area contributed by atoms with Crippen LogP contribution in [0.25, 0.3) is 10.9 Å². The summed E-state index contributed by atoms with van der Waals surface area (Å²) in [5, 5.41) is 14.4. The van der Waals surface area contributed by atoms with Crippen LogP contribution in [-0.2, 0) is 11.3 Å². The van der Waals surface area contributed by atoms with E-state index in [1.54, 1.807) is 35.2 Å². The van der Waals surface area contributed by atoms with Crippen LogP contribution in [0, 0.1) is 10.1 Å². The van der Waals surface area contributed by atoms with Crippen LogP contribution in [0.1, 0.15) is 32.5 Å². The van der Waals surface area contributed by atoms with E-state index in [-0.39, 0.29) is 29.7 Å². The monoisotopic (exact) mass is 423 g/mol. The maximum atomic E-state index is 12.8. The molecule has 9 nitrogen and oxygen atoms in total. The molecule has 0 fully saturated rings. The lowest BCUT2D eigenvalue weighted by molar-refractivity contribution is -0.384. The van der Waals surface area contributed by atoms with Crippen molar-refractivity contribution in [2.75, 3.05) is 11.9 Å². The topological polar surface area (TPSA) is 121 Å². The summed E-state index contributed by atoms with van der Waals surface area (Å²) in [5.74, 6) is 0.422. The summed E-state index contributed by atoms with van der Waals surface area (Å²) in [6.07, 6.45) is 0.927. The average Bonchev–Trinajstić information content (AvgIpc) is 2.75. The molecule has 0 aliphatic heterocycles. The molecule has 1 amide bonds. The SMILES string of the molecule is CC(C)N(Cc1nc2ccccc2c(=O)[nH]1)C(=O)CCCNc1ccc([N+](=O)[O-])cc1. The van der Waals surface area contributed by atoms with Gasteiger partial charge in [-0.1, -0.05) is 12.1 Å². The molecule has 0 unspecified atom stereocenters. The minimum Gasteiger partial charge on any atom is -0.385 e. The summed E-state index contributed by atoms with van der Waals surface area (Å²) in [5.41, 5.74) is 1.18. The van der Waals surface area contributed by atoms with E-state index in [0.717, 1.165) is 5.69 Å². The maximum Gasteiger partial charge on any atom is 0.269 e. The van der Waals surface area contributed by atoms with Crippen molar-refractivity contribution in [3.63, 3.8) is 0 Å². The van der Waals surface area contributed by atoms with Crippen LogP contribution in [0.5, 0.6) is 0 Å². The average molecular weight is 423 g/mol. The van der Waals surface area contributed by atoms with E-state index in [4.69, 9.17) is 0 Å². The Kier molecular flexibility index (Phi) is 6.96. The van der Waals surface area contributed by atoms with Crippen molar-refractivity contribution in [2.45, 2.75) is 39.3 Å². The van der Waals surface area contributed by atoms with E-state index in [9.17, 15) is 19.7 Å². The Morgan fingerprint density at radius 3 is 2.58 bits per heavy atom. The zero-order valence-electron chi connectivity index (χ0n) is 17.5. The standard InChI is InChI=1S/C22H25N5O4/c1-15(2)26(14-20-24-19-7-4-3-6-18(19)22(29)25-20)21(28)8-5-13-23-16-9-11-17(12-10-16)27(30)31/h3-4,6-7,9-12,15,23H,5,8,13-14H2,1-2H3,(H,24,25,29). The van der Waals surface area contributed by atoms with Gasteiger partial charge in [-0.2, -0.15) is 0 Å². The smallest absolute Gasteiger partial charge is 0.269 e. The van der Waals surface area contributed by atoms with Crippen molar-refractivity contribution < 1.29 is 9.72 Å². The number of amides is 1. The van der Waals surface area contributed by atoms with Gasteiger partial charge in [-0.25, -0.2) is 4.98 Å². The third kappa shape index (κ3) is 5.65. The van der Waals surface area contributed by atoms with Crippen LogP contribution in [-0.4, -0.2) is 38.3 Å². The molecule has 0 radical (unpaired) electrons. The number of carbonyl (C=O) groups is 1. The fourth-order valence-electron chi connectivity index (χ4n) is 3.25. The van der Waals surface area contributed by atoms with E-state index >= 15 is 0 Å². The number of para-hydroxylation sites is 1. The van der Waals surface area contributed by atoms with E-state index in [1.165, 1.54) is 12.1 Å². The van der Waals surface area contributed by atoms with Gasteiger partial charge in [-0.15, -0.1) is 0 Å². The second-order valence-corrected chi connectivity index (χ2v) is 7.48. The molecule has 0 spiro atoms. The summed E-state index contributed by atoms with van der Waals surface area (Å²) in [7, 11) is 0. The first-order valence-electron chi connectivity index (χ1n) is 10.1. The van der Waals surface area contributed by atoms with Crippen LogP contribution < -0.4 is 10.9 Å². The Hall–Kier alpha value is -3.75. The lowest BCUT2D eigenvalue weighted by Crippen LogP contribution is -2.37. The molecule has 3 aromatic rings. The van der Waals surface area contributed by atoms with Crippen molar-refractivity contribution in [1.82, 2.24) is 14.9 Å². The normalized spacial score (nSPS) is 10.9. The second-order valence-electron chi connectivity index (χ2n) is 7.48. The molecule has 0 aliphatic carbocycles. The molecule has 1 heterocycles. The summed E-state index contributed by atoms with van der Waals surface area (Å²) in [6, 6.07) is 13.2. The highest BCUT2D eigenvalue weighted by Gasteiger charge is 2.18. The van der Waals surface area contributed by atoms with Gasteiger partial charge in [-0.05, 0) is 44.5 Å². The Bertz CT molecular complexity index is 1120. The van der Waals surface area contributed by atoms with Crippen molar-refractivity contribution in [3.05, 3.63) is 74.8 Å². The predicted molar refractivity (Wildman–Crippen MR) is 119 cm³/mol. The van der Waals surface area contributed by atoms with E-state index in [1.807, 2.05) is 19.9 Å². The number of aromatic amines is 1. The van der Waals surface area contributed by atoms with Crippen LogP contribution in [0.3, 0.4) is 0 Å². The molecule has 31 heavy (non-hydrogen) atoms. The van der Waals surface area contributed by atoms with E-state index in [2.05, 4.69) is 15.3 Å². The van der Waals surface area contributed by atoms with Crippen LogP contribution >= 0.6 is 0 Å². The van der Waals surface area contributed by atoms with Crippen molar-refractivity contribution >= 4 is 28.2 Å². The van der Waals surface area contributed by atoms with Crippen molar-refractivity contribution in [2.24, 2.45) is 0 Å². The van der Waals surface area contributed by atoms with Gasteiger partial charge in [0.1, 0.15) is 5.82 Å². The molecule has 2 N–H and O–H groups in total. The number of fused-ring (bicyclic) bond motifs is 1. The number of carbonyl (C=O) groups excluding carboxylic acids is 1. The minimum absolute atomic E-state index is 0.0312. The Morgan fingerprint density at radius 1 is 1.19 bits per heavy atom. The summed E-state index contributed by atoms with van der Waals surface area (Å²) in [4.78, 5) is 44.3. The highest BCUT2D eigenvalue weighted by molar-refractivity contribution is 5.78. The molecule has 9 heteroatoms. The largest absolute Gasteiger partial charge is 0.385 e. The van der Waals surface area contributed by atoms with Gasteiger partial charge in [0.15, 0.2) is 0 Å². The second kappa shape index (κ2) is 9.84. The third-order valence-electron chi connectivity index (χ3n) is 4.90. The van der Waals surface area contributed by atoms with E-state index < -0.39 is 4.92 Å². The van der Waals surface area contributed by atoms with Crippen LogP contribution in [0.4, 0.5) is 11.4 Å². The number of rotatable bonds is 9. The first-order valence-corrected chi connectivity index (χ1v) is 10.1.